The molecule has 3 aromatic rings. The van der Waals surface area contributed by atoms with Gasteiger partial charge in [0.15, 0.2) is 5.69 Å². The van der Waals surface area contributed by atoms with Crippen LogP contribution in [0.1, 0.15) is 66.3 Å². The Morgan fingerprint density at radius 1 is 1.07 bits per heavy atom. The molecular weight excluding hydrogens is 528 g/mol. The van der Waals surface area contributed by atoms with Crippen LogP contribution in [0.25, 0.3) is 5.69 Å². The molecular formula is C29H35FN3NaO6. The van der Waals surface area contributed by atoms with E-state index in [2.05, 4.69) is 5.10 Å². The van der Waals surface area contributed by atoms with Crippen molar-refractivity contribution >= 4 is 11.9 Å². The third-order valence-electron chi connectivity index (χ3n) is 6.46. The maximum Gasteiger partial charge on any atom is 1.00 e. The van der Waals surface area contributed by atoms with Gasteiger partial charge in [0.1, 0.15) is 11.6 Å². The van der Waals surface area contributed by atoms with Gasteiger partial charge in [-0.05, 0) is 67.1 Å². The van der Waals surface area contributed by atoms with Gasteiger partial charge in [0, 0.05) is 37.2 Å². The van der Waals surface area contributed by atoms with Crippen LogP contribution in [0, 0.1) is 5.82 Å². The minimum Gasteiger partial charge on any atom is -0.550 e. The topological polar surface area (TPSA) is 128 Å². The molecule has 2 N–H and O–H groups in total. The molecule has 2 atom stereocenters. The maximum atomic E-state index is 13.7. The Hall–Kier alpha value is -2.76. The van der Waals surface area contributed by atoms with Gasteiger partial charge in [0.05, 0.1) is 25.0 Å². The first-order valence-corrected chi connectivity index (χ1v) is 12.8. The summed E-state index contributed by atoms with van der Waals surface area (Å²) < 4.78 is 20.5. The number of aliphatic hydroxyl groups is 2. The Bertz CT molecular complexity index is 1260. The Balaban J connectivity index is 0.00000560. The van der Waals surface area contributed by atoms with Crippen molar-refractivity contribution < 1.29 is 63.6 Å². The number of methoxy groups -OCH3 is 1. The van der Waals surface area contributed by atoms with E-state index in [0.717, 1.165) is 5.56 Å². The summed E-state index contributed by atoms with van der Waals surface area (Å²) in [6, 6.07) is 13.1. The van der Waals surface area contributed by atoms with E-state index >= 15 is 0 Å². The molecule has 0 spiro atoms. The first-order chi connectivity index (χ1) is 18.5. The van der Waals surface area contributed by atoms with Crippen LogP contribution < -0.4 is 39.4 Å². The number of aliphatic hydroxyl groups excluding tert-OH is 2. The van der Waals surface area contributed by atoms with Crippen LogP contribution >= 0.6 is 0 Å². The molecule has 11 heteroatoms. The Morgan fingerprint density at radius 3 is 2.25 bits per heavy atom. The molecule has 2 aromatic carbocycles. The molecule has 0 saturated heterocycles. The minimum atomic E-state index is -1.40. The molecule has 0 radical (unpaired) electrons. The molecule has 0 fully saturated rings. The number of carbonyl (C=O) groups is 2. The number of aliphatic carboxylic acids is 1. The smallest absolute Gasteiger partial charge is 0.550 e. The number of carboxylic acids is 1. The molecule has 1 heterocycles. The molecule has 9 nitrogen and oxygen atoms in total. The van der Waals surface area contributed by atoms with Crippen LogP contribution in [-0.4, -0.2) is 63.1 Å². The number of hydrogen-bond acceptors (Lipinski definition) is 7. The minimum absolute atomic E-state index is 0. The van der Waals surface area contributed by atoms with E-state index in [1.807, 2.05) is 38.1 Å². The van der Waals surface area contributed by atoms with Crippen LogP contribution in [0.2, 0.25) is 0 Å². The van der Waals surface area contributed by atoms with Crippen LogP contribution in [0.4, 0.5) is 4.39 Å². The van der Waals surface area contributed by atoms with Crippen molar-refractivity contribution in [1.82, 2.24) is 14.7 Å². The van der Waals surface area contributed by atoms with E-state index in [1.165, 1.54) is 12.1 Å². The van der Waals surface area contributed by atoms with E-state index in [4.69, 9.17) is 4.74 Å². The van der Waals surface area contributed by atoms with E-state index in [-0.39, 0.29) is 66.3 Å². The molecule has 40 heavy (non-hydrogen) atoms. The van der Waals surface area contributed by atoms with Crippen molar-refractivity contribution in [3.63, 3.8) is 0 Å². The van der Waals surface area contributed by atoms with Crippen LogP contribution in [0.15, 0.2) is 48.5 Å². The average molecular weight is 564 g/mol. The fraction of sp³-hybridized carbons (Fsp3) is 0.414. The summed E-state index contributed by atoms with van der Waals surface area (Å²) in [6.07, 6.45) is -2.46. The molecule has 0 aliphatic heterocycles. The van der Waals surface area contributed by atoms with E-state index in [9.17, 15) is 29.3 Å². The molecule has 0 saturated carbocycles. The number of aromatic nitrogens is 2. The monoisotopic (exact) mass is 563 g/mol. The van der Waals surface area contributed by atoms with Gasteiger partial charge in [-0.25, -0.2) is 9.07 Å². The standard InChI is InChI=1S/C29H36FN3O6.Na/c1-18(2)27-25(14-11-22(34)15-23(35)16-26(36)37)33(21-9-7-20(30)8-10-21)31-28(27)29(38)32(3)17-19-5-12-24(39-4)13-6-19;/h5-10,12-13,18,22-23,34-35H,11,14-17H2,1-4H3,(H,36,37);/q;+1/p-1/t22-,23-;/m1./s1. The van der Waals surface area contributed by atoms with Gasteiger partial charge in [-0.1, -0.05) is 26.0 Å². The number of carboxylic acid groups (broad SMARTS) is 1. The number of amides is 1. The summed E-state index contributed by atoms with van der Waals surface area (Å²) >= 11 is 0. The quantitative estimate of drug-likeness (QED) is 0.271. The van der Waals surface area contributed by atoms with E-state index in [0.29, 0.717) is 29.2 Å². The zero-order chi connectivity index (χ0) is 28.7. The van der Waals surface area contributed by atoms with Crippen molar-refractivity contribution in [2.45, 2.75) is 64.2 Å². The molecule has 1 aromatic heterocycles. The number of halogens is 1. The summed E-state index contributed by atoms with van der Waals surface area (Å²) in [5.41, 5.74) is 3.09. The summed E-state index contributed by atoms with van der Waals surface area (Å²) in [5.74, 6) is -1.49. The van der Waals surface area contributed by atoms with Gasteiger partial charge in [0.25, 0.3) is 5.91 Å². The molecule has 3 rings (SSSR count). The second kappa shape index (κ2) is 15.3. The third-order valence-corrected chi connectivity index (χ3v) is 6.46. The van der Waals surface area contributed by atoms with Gasteiger partial charge in [-0.3, -0.25) is 4.79 Å². The Morgan fingerprint density at radius 2 is 1.70 bits per heavy atom. The molecule has 0 aliphatic carbocycles. The summed E-state index contributed by atoms with van der Waals surface area (Å²) in [4.78, 5) is 26.0. The number of nitrogens with zero attached hydrogens (tertiary/aromatic N) is 3. The van der Waals surface area contributed by atoms with Crippen molar-refractivity contribution in [3.05, 3.63) is 76.9 Å². The van der Waals surface area contributed by atoms with E-state index in [1.54, 1.807) is 35.9 Å². The molecule has 0 unspecified atom stereocenters. The van der Waals surface area contributed by atoms with Crippen LogP contribution in [0.3, 0.4) is 0 Å². The van der Waals surface area contributed by atoms with Gasteiger partial charge in [-0.15, -0.1) is 0 Å². The van der Waals surface area contributed by atoms with Crippen LogP contribution in [0.5, 0.6) is 5.75 Å². The van der Waals surface area contributed by atoms with Gasteiger partial charge >= 0.3 is 29.6 Å². The number of ether oxygens (including phenoxy) is 1. The second-order valence-corrected chi connectivity index (χ2v) is 9.92. The molecule has 1 amide bonds. The second-order valence-electron chi connectivity index (χ2n) is 9.92. The number of rotatable bonds is 13. The first-order valence-electron chi connectivity index (χ1n) is 12.8. The van der Waals surface area contributed by atoms with Crippen molar-refractivity contribution in [2.24, 2.45) is 0 Å². The van der Waals surface area contributed by atoms with Gasteiger partial charge in [-0.2, -0.15) is 5.10 Å². The summed E-state index contributed by atoms with van der Waals surface area (Å²) in [5, 5.41) is 35.8. The van der Waals surface area contributed by atoms with Crippen molar-refractivity contribution in [2.75, 3.05) is 14.2 Å². The third kappa shape index (κ3) is 8.87. The number of hydrogen-bond donors (Lipinski definition) is 2. The zero-order valence-electron chi connectivity index (χ0n) is 23.6. The Labute approximate surface area is 255 Å². The average Bonchev–Trinajstić information content (AvgIpc) is 3.27. The molecule has 0 bridgehead atoms. The van der Waals surface area contributed by atoms with Crippen molar-refractivity contribution in [3.8, 4) is 11.4 Å². The van der Waals surface area contributed by atoms with E-state index < -0.39 is 30.4 Å². The predicted molar refractivity (Wildman–Crippen MR) is 141 cm³/mol. The Kier molecular flexibility index (Phi) is 12.8. The molecule has 0 aliphatic rings. The maximum absolute atomic E-state index is 13.7. The predicted octanol–water partition coefficient (Wildman–Crippen LogP) is -0.396. The fourth-order valence-electron chi connectivity index (χ4n) is 4.53. The molecule has 210 valence electrons. The first kappa shape index (κ1) is 33.4. The SMILES string of the molecule is COc1ccc(CN(C)C(=O)c2nn(-c3ccc(F)cc3)c(CC[C@@H](O)C[C@@H](O)CC(=O)[O-])c2C(C)C)cc1.[Na+]. The van der Waals surface area contributed by atoms with Gasteiger partial charge in [0.2, 0.25) is 0 Å². The largest absolute Gasteiger partial charge is 1.00 e. The fourth-order valence-corrected chi connectivity index (χ4v) is 4.53. The zero-order valence-corrected chi connectivity index (χ0v) is 25.6. The number of benzene rings is 2. The van der Waals surface area contributed by atoms with Crippen molar-refractivity contribution in [1.29, 1.82) is 0 Å². The normalized spacial score (nSPS) is 12.5. The summed E-state index contributed by atoms with van der Waals surface area (Å²) in [7, 11) is 3.28. The van der Waals surface area contributed by atoms with Crippen LogP contribution in [-0.2, 0) is 17.8 Å². The summed E-state index contributed by atoms with van der Waals surface area (Å²) in [6.45, 7) is 4.22. The van der Waals surface area contributed by atoms with Gasteiger partial charge < -0.3 is 29.8 Å². The number of carbonyl (C=O) groups excluding carboxylic acids is 2.